The summed E-state index contributed by atoms with van der Waals surface area (Å²) in [5, 5.41) is 19.7. The largest absolute Gasteiger partial charge is 0.481 e. The molecule has 0 bridgehead atoms. The van der Waals surface area contributed by atoms with Crippen LogP contribution in [0.5, 0.6) is 0 Å². The molecule has 1 rings (SSSR count). The minimum atomic E-state index is -0.749. The Bertz CT molecular complexity index is 301. The number of β-amino-alcohol motifs (C(OH)–C–C–N with tert-alkyl or cyclic N) is 1. The average Bonchev–Trinajstić information content (AvgIpc) is 2.62. The number of carbonyl (C=O) groups is 1. The Morgan fingerprint density at radius 3 is 2.56 bits per heavy atom. The van der Waals surface area contributed by atoms with Crippen molar-refractivity contribution >= 4 is 5.97 Å². The van der Waals surface area contributed by atoms with Crippen molar-refractivity contribution in [2.75, 3.05) is 19.6 Å². The standard InChI is InChI=1S/C14H27NO3/c1-5-6-14(12(16)17)7-8-15(10-14)9-13(4,18)11(2)3/h11,18H,5-10H2,1-4H3,(H,16,17). The van der Waals surface area contributed by atoms with Crippen molar-refractivity contribution in [2.45, 2.75) is 52.6 Å². The maximum Gasteiger partial charge on any atom is 0.310 e. The van der Waals surface area contributed by atoms with E-state index in [9.17, 15) is 15.0 Å². The molecule has 2 atom stereocenters. The van der Waals surface area contributed by atoms with Crippen molar-refractivity contribution < 1.29 is 15.0 Å². The van der Waals surface area contributed by atoms with Gasteiger partial charge < -0.3 is 10.2 Å². The summed E-state index contributed by atoms with van der Waals surface area (Å²) in [6, 6.07) is 0. The zero-order valence-electron chi connectivity index (χ0n) is 12.1. The van der Waals surface area contributed by atoms with Gasteiger partial charge in [0, 0.05) is 13.1 Å². The summed E-state index contributed by atoms with van der Waals surface area (Å²) in [5.41, 5.74) is -1.34. The van der Waals surface area contributed by atoms with E-state index in [0.717, 1.165) is 19.4 Å². The molecule has 1 heterocycles. The van der Waals surface area contributed by atoms with Crippen molar-refractivity contribution in [2.24, 2.45) is 11.3 Å². The Labute approximate surface area is 110 Å². The maximum atomic E-state index is 11.5. The number of hydrogen-bond acceptors (Lipinski definition) is 3. The predicted octanol–water partition coefficient (Wildman–Crippen LogP) is 1.97. The number of aliphatic hydroxyl groups is 1. The van der Waals surface area contributed by atoms with Gasteiger partial charge in [0.2, 0.25) is 0 Å². The van der Waals surface area contributed by atoms with Crippen LogP contribution in [-0.2, 0) is 4.79 Å². The van der Waals surface area contributed by atoms with Gasteiger partial charge in [0.05, 0.1) is 11.0 Å². The van der Waals surface area contributed by atoms with Crippen LogP contribution < -0.4 is 0 Å². The summed E-state index contributed by atoms with van der Waals surface area (Å²) in [4.78, 5) is 13.6. The maximum absolute atomic E-state index is 11.5. The van der Waals surface area contributed by atoms with Gasteiger partial charge in [0.15, 0.2) is 0 Å². The normalized spacial score (nSPS) is 28.6. The quantitative estimate of drug-likeness (QED) is 0.763. The van der Waals surface area contributed by atoms with Gasteiger partial charge in [0.1, 0.15) is 0 Å². The second-order valence-corrected chi connectivity index (χ2v) is 6.31. The third-order valence-electron chi connectivity index (χ3n) is 4.40. The van der Waals surface area contributed by atoms with Crippen LogP contribution in [0, 0.1) is 11.3 Å². The molecule has 0 radical (unpaired) electrons. The van der Waals surface area contributed by atoms with Crippen LogP contribution in [-0.4, -0.2) is 46.3 Å². The fraction of sp³-hybridized carbons (Fsp3) is 0.929. The molecule has 0 aromatic rings. The monoisotopic (exact) mass is 257 g/mol. The van der Waals surface area contributed by atoms with E-state index in [1.54, 1.807) is 0 Å². The van der Waals surface area contributed by atoms with Gasteiger partial charge in [-0.05, 0) is 32.2 Å². The summed E-state index contributed by atoms with van der Waals surface area (Å²) in [7, 11) is 0. The smallest absolute Gasteiger partial charge is 0.310 e. The summed E-state index contributed by atoms with van der Waals surface area (Å²) in [5.74, 6) is -0.514. The summed E-state index contributed by atoms with van der Waals surface area (Å²) in [6.07, 6.45) is 2.31. The molecule has 0 amide bonds. The molecule has 1 saturated heterocycles. The van der Waals surface area contributed by atoms with Gasteiger partial charge in [0.25, 0.3) is 0 Å². The van der Waals surface area contributed by atoms with E-state index in [1.807, 2.05) is 27.7 Å². The van der Waals surface area contributed by atoms with Crippen LogP contribution in [0.15, 0.2) is 0 Å². The molecule has 1 aliphatic heterocycles. The third kappa shape index (κ3) is 3.23. The molecule has 0 aromatic heterocycles. The van der Waals surface area contributed by atoms with E-state index in [-0.39, 0.29) is 5.92 Å². The second kappa shape index (κ2) is 5.57. The van der Waals surface area contributed by atoms with E-state index in [2.05, 4.69) is 4.90 Å². The first-order valence-electron chi connectivity index (χ1n) is 6.91. The molecule has 1 aliphatic rings. The first-order valence-corrected chi connectivity index (χ1v) is 6.91. The van der Waals surface area contributed by atoms with Crippen LogP contribution in [0.25, 0.3) is 0 Å². The van der Waals surface area contributed by atoms with Crippen molar-refractivity contribution in [3.63, 3.8) is 0 Å². The topological polar surface area (TPSA) is 60.8 Å². The highest BCUT2D eigenvalue weighted by molar-refractivity contribution is 5.75. The van der Waals surface area contributed by atoms with Gasteiger partial charge in [-0.15, -0.1) is 0 Å². The van der Waals surface area contributed by atoms with E-state index >= 15 is 0 Å². The van der Waals surface area contributed by atoms with Crippen LogP contribution in [0.2, 0.25) is 0 Å². The molecule has 2 N–H and O–H groups in total. The zero-order chi connectivity index (χ0) is 14.0. The molecule has 4 nitrogen and oxygen atoms in total. The molecule has 4 heteroatoms. The van der Waals surface area contributed by atoms with Crippen molar-refractivity contribution in [1.29, 1.82) is 0 Å². The minimum absolute atomic E-state index is 0.170. The van der Waals surface area contributed by atoms with Gasteiger partial charge in [-0.3, -0.25) is 9.69 Å². The van der Waals surface area contributed by atoms with Crippen LogP contribution in [0.4, 0.5) is 0 Å². The fourth-order valence-electron chi connectivity index (χ4n) is 2.69. The first-order chi connectivity index (χ1) is 8.23. The Kier molecular flexibility index (Phi) is 4.78. The molecule has 0 aliphatic carbocycles. The van der Waals surface area contributed by atoms with Crippen molar-refractivity contribution in [1.82, 2.24) is 4.90 Å². The summed E-state index contributed by atoms with van der Waals surface area (Å²) < 4.78 is 0. The Balaban J connectivity index is 2.67. The van der Waals surface area contributed by atoms with Gasteiger partial charge in [-0.1, -0.05) is 27.2 Å². The highest BCUT2D eigenvalue weighted by Crippen LogP contribution is 2.36. The van der Waals surface area contributed by atoms with Crippen LogP contribution in [0.3, 0.4) is 0 Å². The molecular formula is C14H27NO3. The number of aliphatic carboxylic acids is 1. The summed E-state index contributed by atoms with van der Waals surface area (Å²) in [6.45, 7) is 9.74. The molecule has 2 unspecified atom stereocenters. The van der Waals surface area contributed by atoms with Gasteiger partial charge in [-0.2, -0.15) is 0 Å². The molecule has 18 heavy (non-hydrogen) atoms. The Hall–Kier alpha value is -0.610. The SMILES string of the molecule is CCCC1(C(=O)O)CCN(CC(C)(O)C(C)C)C1. The van der Waals surface area contributed by atoms with Crippen LogP contribution >= 0.6 is 0 Å². The number of nitrogens with zero attached hydrogens (tertiary/aromatic N) is 1. The van der Waals surface area contributed by atoms with E-state index in [4.69, 9.17) is 0 Å². The van der Waals surface area contributed by atoms with E-state index in [0.29, 0.717) is 19.5 Å². The molecule has 1 fully saturated rings. The lowest BCUT2D eigenvalue weighted by Gasteiger charge is -2.33. The Morgan fingerprint density at radius 2 is 2.11 bits per heavy atom. The number of likely N-dealkylation sites (tertiary alicyclic amines) is 1. The van der Waals surface area contributed by atoms with Gasteiger partial charge in [-0.25, -0.2) is 0 Å². The van der Waals surface area contributed by atoms with Crippen molar-refractivity contribution in [3.8, 4) is 0 Å². The highest BCUT2D eigenvalue weighted by Gasteiger charge is 2.45. The number of rotatable bonds is 6. The van der Waals surface area contributed by atoms with Crippen LogP contribution in [0.1, 0.15) is 47.0 Å². The van der Waals surface area contributed by atoms with Crippen molar-refractivity contribution in [3.05, 3.63) is 0 Å². The molecule has 0 saturated carbocycles. The lowest BCUT2D eigenvalue weighted by molar-refractivity contribution is -0.148. The minimum Gasteiger partial charge on any atom is -0.481 e. The molecule has 0 spiro atoms. The van der Waals surface area contributed by atoms with E-state index in [1.165, 1.54) is 0 Å². The molecular weight excluding hydrogens is 230 g/mol. The lowest BCUT2D eigenvalue weighted by atomic mass is 9.82. The first kappa shape index (κ1) is 15.4. The fourth-order valence-corrected chi connectivity index (χ4v) is 2.69. The molecule has 0 aromatic carbocycles. The second-order valence-electron chi connectivity index (χ2n) is 6.31. The van der Waals surface area contributed by atoms with E-state index < -0.39 is 17.0 Å². The number of carboxylic acids is 1. The Morgan fingerprint density at radius 1 is 1.50 bits per heavy atom. The number of carboxylic acid groups (broad SMARTS) is 1. The average molecular weight is 257 g/mol. The van der Waals surface area contributed by atoms with Gasteiger partial charge >= 0.3 is 5.97 Å². The predicted molar refractivity (Wildman–Crippen MR) is 71.5 cm³/mol. The summed E-state index contributed by atoms with van der Waals surface area (Å²) >= 11 is 0. The molecule has 106 valence electrons. The highest BCUT2D eigenvalue weighted by atomic mass is 16.4. The third-order valence-corrected chi connectivity index (χ3v) is 4.40. The lowest BCUT2D eigenvalue weighted by Crippen LogP contribution is -2.45. The number of hydrogen-bond donors (Lipinski definition) is 2. The zero-order valence-corrected chi connectivity index (χ0v) is 12.1.